The van der Waals surface area contributed by atoms with Gasteiger partial charge in [-0.3, -0.25) is 0 Å². The van der Waals surface area contributed by atoms with Crippen molar-refractivity contribution in [3.63, 3.8) is 0 Å². The molecule has 0 aliphatic rings. The topological polar surface area (TPSA) is 26.0 Å². The molecule has 0 N–H and O–H groups in total. The lowest BCUT2D eigenvalue weighted by atomic mass is 9.86. The van der Waals surface area contributed by atoms with Crippen molar-refractivity contribution in [1.29, 1.82) is 0 Å². The molecule has 0 aliphatic carbocycles. The van der Waals surface area contributed by atoms with E-state index in [1.54, 1.807) is 0 Å². The summed E-state index contributed by atoms with van der Waals surface area (Å²) in [6.45, 7) is 8.59. The highest BCUT2D eigenvalue weighted by Crippen LogP contribution is 2.27. The van der Waals surface area contributed by atoms with Gasteiger partial charge in [0.05, 0.1) is 5.69 Å². The third kappa shape index (κ3) is 1.41. The highest BCUT2D eigenvalue weighted by molar-refractivity contribution is 5.80. The average Bonchev–Trinajstić information content (AvgIpc) is 2.46. The van der Waals surface area contributed by atoms with Gasteiger partial charge in [0.25, 0.3) is 0 Å². The van der Waals surface area contributed by atoms with Crippen molar-refractivity contribution in [2.75, 3.05) is 0 Å². The first-order chi connectivity index (χ1) is 6.48. The number of aryl methyl sites for hydroxylation is 1. The fourth-order valence-electron chi connectivity index (χ4n) is 1.53. The van der Waals surface area contributed by atoms with Crippen molar-refractivity contribution in [3.05, 3.63) is 29.5 Å². The lowest BCUT2D eigenvalue weighted by Gasteiger charge is -2.18. The molecule has 1 heterocycles. The summed E-state index contributed by atoms with van der Waals surface area (Å²) in [6, 6.07) is 6.27. The molecule has 0 radical (unpaired) electrons. The molecule has 0 fully saturated rings. The van der Waals surface area contributed by atoms with Gasteiger partial charge >= 0.3 is 0 Å². The lowest BCUT2D eigenvalue weighted by molar-refractivity contribution is 0.450. The highest BCUT2D eigenvalue weighted by atomic mass is 16.5. The number of aromatic nitrogens is 1. The number of fused-ring (bicyclic) bond motifs is 1. The normalized spacial score (nSPS) is 12.3. The van der Waals surface area contributed by atoms with E-state index in [1.165, 1.54) is 5.56 Å². The Morgan fingerprint density at radius 1 is 1.21 bits per heavy atom. The third-order valence-electron chi connectivity index (χ3n) is 2.52. The molecule has 0 amide bonds. The monoisotopic (exact) mass is 189 g/mol. The van der Waals surface area contributed by atoms with Gasteiger partial charge in [-0.05, 0) is 30.0 Å². The van der Waals surface area contributed by atoms with Gasteiger partial charge in [0.2, 0.25) is 0 Å². The summed E-state index contributed by atoms with van der Waals surface area (Å²) in [6.07, 6.45) is 0. The summed E-state index contributed by atoms with van der Waals surface area (Å²) in [4.78, 5) is 0. The van der Waals surface area contributed by atoms with Crippen molar-refractivity contribution >= 4 is 11.0 Å². The minimum absolute atomic E-state index is 0.178. The summed E-state index contributed by atoms with van der Waals surface area (Å²) in [7, 11) is 0. The van der Waals surface area contributed by atoms with Crippen LogP contribution in [-0.2, 0) is 5.41 Å². The van der Waals surface area contributed by atoms with E-state index in [0.29, 0.717) is 0 Å². The predicted molar refractivity (Wildman–Crippen MR) is 57.4 cm³/mol. The second kappa shape index (κ2) is 2.84. The van der Waals surface area contributed by atoms with Crippen molar-refractivity contribution in [1.82, 2.24) is 5.16 Å². The molecule has 0 unspecified atom stereocenters. The Kier molecular flexibility index (Phi) is 1.88. The number of rotatable bonds is 0. The third-order valence-corrected chi connectivity index (χ3v) is 2.52. The van der Waals surface area contributed by atoms with E-state index in [-0.39, 0.29) is 5.41 Å². The Bertz CT molecular complexity index is 463. The first-order valence-electron chi connectivity index (χ1n) is 4.85. The fraction of sp³-hybridized carbons (Fsp3) is 0.417. The van der Waals surface area contributed by atoms with Gasteiger partial charge in [0.15, 0.2) is 5.58 Å². The minimum Gasteiger partial charge on any atom is -0.356 e. The van der Waals surface area contributed by atoms with Gasteiger partial charge in [-0.25, -0.2) is 0 Å². The predicted octanol–water partition coefficient (Wildman–Crippen LogP) is 3.43. The summed E-state index contributed by atoms with van der Waals surface area (Å²) < 4.78 is 5.17. The minimum atomic E-state index is 0.178. The molecule has 1 aromatic heterocycles. The van der Waals surface area contributed by atoms with Crippen molar-refractivity contribution in [2.45, 2.75) is 33.1 Å². The van der Waals surface area contributed by atoms with Crippen LogP contribution in [0.3, 0.4) is 0 Å². The van der Waals surface area contributed by atoms with Gasteiger partial charge in [-0.15, -0.1) is 0 Å². The summed E-state index contributed by atoms with van der Waals surface area (Å²) in [5.74, 6) is 0. The molecule has 0 aliphatic heterocycles. The first-order valence-corrected chi connectivity index (χ1v) is 4.85. The van der Waals surface area contributed by atoms with Crippen LogP contribution < -0.4 is 0 Å². The summed E-state index contributed by atoms with van der Waals surface area (Å²) in [5, 5.41) is 5.07. The molecule has 14 heavy (non-hydrogen) atoms. The molecule has 0 spiro atoms. The Labute approximate surface area is 83.9 Å². The highest BCUT2D eigenvalue weighted by Gasteiger charge is 2.15. The van der Waals surface area contributed by atoms with E-state index in [1.807, 2.05) is 13.0 Å². The van der Waals surface area contributed by atoms with E-state index < -0.39 is 0 Å². The van der Waals surface area contributed by atoms with Gasteiger partial charge in [0.1, 0.15) is 0 Å². The molecule has 2 nitrogen and oxygen atoms in total. The standard InChI is InChI=1S/C12H15NO/c1-8-10-7-9(12(2,3)4)5-6-11(10)14-13-8/h5-7H,1-4H3. The summed E-state index contributed by atoms with van der Waals surface area (Å²) in [5.41, 5.74) is 3.33. The molecule has 0 saturated carbocycles. The van der Waals surface area contributed by atoms with Crippen LogP contribution in [0.15, 0.2) is 22.7 Å². The summed E-state index contributed by atoms with van der Waals surface area (Å²) >= 11 is 0. The fourth-order valence-corrected chi connectivity index (χ4v) is 1.53. The zero-order valence-electron chi connectivity index (χ0n) is 9.09. The van der Waals surface area contributed by atoms with Crippen LogP contribution in [0.4, 0.5) is 0 Å². The maximum atomic E-state index is 5.17. The molecule has 2 heteroatoms. The molecule has 2 aromatic rings. The maximum Gasteiger partial charge on any atom is 0.167 e. The largest absolute Gasteiger partial charge is 0.356 e. The second-order valence-electron chi connectivity index (χ2n) is 4.73. The van der Waals surface area contributed by atoms with Crippen LogP contribution in [-0.4, -0.2) is 5.16 Å². The Morgan fingerprint density at radius 3 is 2.57 bits per heavy atom. The van der Waals surface area contributed by atoms with E-state index in [0.717, 1.165) is 16.7 Å². The molecule has 1 aromatic carbocycles. The zero-order valence-corrected chi connectivity index (χ0v) is 9.09. The van der Waals surface area contributed by atoms with Crippen LogP contribution in [0.1, 0.15) is 32.0 Å². The molecular weight excluding hydrogens is 174 g/mol. The Morgan fingerprint density at radius 2 is 1.93 bits per heavy atom. The van der Waals surface area contributed by atoms with Crippen LogP contribution in [0.5, 0.6) is 0 Å². The quantitative estimate of drug-likeness (QED) is 0.634. The van der Waals surface area contributed by atoms with Gasteiger partial charge in [0, 0.05) is 5.39 Å². The number of nitrogens with zero attached hydrogens (tertiary/aromatic N) is 1. The van der Waals surface area contributed by atoms with Gasteiger partial charge in [-0.2, -0.15) is 0 Å². The molecule has 74 valence electrons. The lowest BCUT2D eigenvalue weighted by Crippen LogP contribution is -2.10. The van der Waals surface area contributed by atoms with E-state index in [2.05, 4.69) is 38.1 Å². The van der Waals surface area contributed by atoms with Gasteiger partial charge in [-0.1, -0.05) is 32.0 Å². The molecule has 2 rings (SSSR count). The Balaban J connectivity index is 2.66. The van der Waals surface area contributed by atoms with Crippen molar-refractivity contribution in [3.8, 4) is 0 Å². The Hall–Kier alpha value is -1.31. The van der Waals surface area contributed by atoms with E-state index in [9.17, 15) is 0 Å². The molecule has 0 atom stereocenters. The molecular formula is C12H15NO. The average molecular weight is 189 g/mol. The first kappa shape index (κ1) is 9.25. The molecule has 0 saturated heterocycles. The van der Waals surface area contributed by atoms with Crippen LogP contribution in [0.2, 0.25) is 0 Å². The molecule has 0 bridgehead atoms. The van der Waals surface area contributed by atoms with Crippen molar-refractivity contribution < 1.29 is 4.52 Å². The zero-order chi connectivity index (χ0) is 10.3. The van der Waals surface area contributed by atoms with E-state index in [4.69, 9.17) is 4.52 Å². The van der Waals surface area contributed by atoms with Crippen LogP contribution >= 0.6 is 0 Å². The number of benzene rings is 1. The maximum absolute atomic E-state index is 5.17. The van der Waals surface area contributed by atoms with Crippen LogP contribution in [0, 0.1) is 6.92 Å². The van der Waals surface area contributed by atoms with Crippen LogP contribution in [0.25, 0.3) is 11.0 Å². The SMILES string of the molecule is Cc1noc2ccc(C(C)(C)C)cc12. The number of hydrogen-bond acceptors (Lipinski definition) is 2. The number of hydrogen-bond donors (Lipinski definition) is 0. The van der Waals surface area contributed by atoms with E-state index >= 15 is 0 Å². The van der Waals surface area contributed by atoms with Gasteiger partial charge < -0.3 is 4.52 Å². The van der Waals surface area contributed by atoms with Crippen molar-refractivity contribution in [2.24, 2.45) is 0 Å². The second-order valence-corrected chi connectivity index (χ2v) is 4.73. The smallest absolute Gasteiger partial charge is 0.167 e.